The summed E-state index contributed by atoms with van der Waals surface area (Å²) in [4.78, 5) is 34.0. The molecule has 3 rings (SSSR count). The molecule has 0 aliphatic carbocycles. The van der Waals surface area contributed by atoms with E-state index in [0.717, 1.165) is 10.6 Å². The number of aliphatic hydroxyl groups is 1. The molecule has 11 heteroatoms. The number of phosphoric ester groups is 1. The molecule has 21 heavy (non-hydrogen) atoms. The van der Waals surface area contributed by atoms with E-state index in [9.17, 15) is 24.2 Å². The second-order valence-electron chi connectivity index (χ2n) is 4.80. The van der Waals surface area contributed by atoms with Crippen LogP contribution in [-0.4, -0.2) is 45.0 Å². The van der Waals surface area contributed by atoms with Crippen LogP contribution >= 0.6 is 7.82 Å². The van der Waals surface area contributed by atoms with E-state index in [0.29, 0.717) is 0 Å². The Bertz CT molecular complexity index is 699. The Kier molecular flexibility index (Phi) is 3.60. The number of aromatic nitrogens is 2. The molecule has 3 heterocycles. The molecule has 2 aliphatic rings. The van der Waals surface area contributed by atoms with Crippen LogP contribution in [0.2, 0.25) is 0 Å². The number of fused-ring (bicyclic) bond motifs is 1. The zero-order valence-corrected chi connectivity index (χ0v) is 11.5. The number of aromatic amines is 1. The van der Waals surface area contributed by atoms with E-state index in [1.807, 2.05) is 0 Å². The van der Waals surface area contributed by atoms with Gasteiger partial charge in [-0.15, -0.1) is 0 Å². The normalized spacial score (nSPS) is 39.7. The number of nitrogens with one attached hydrogen (secondary N) is 1. The van der Waals surface area contributed by atoms with Crippen molar-refractivity contribution in [1.82, 2.24) is 9.55 Å². The van der Waals surface area contributed by atoms with Crippen LogP contribution in [0, 0.1) is 5.92 Å². The van der Waals surface area contributed by atoms with Gasteiger partial charge in [-0.2, -0.15) is 0 Å². The average Bonchev–Trinajstić information content (AvgIpc) is 2.62. The van der Waals surface area contributed by atoms with Crippen molar-refractivity contribution in [3.05, 3.63) is 33.1 Å². The summed E-state index contributed by atoms with van der Waals surface area (Å²) in [6.45, 7) is -0.488. The number of aliphatic hydroxyl groups excluding tert-OH is 1. The van der Waals surface area contributed by atoms with Crippen LogP contribution in [0.4, 0.5) is 0 Å². The third-order valence-electron chi connectivity index (χ3n) is 3.48. The van der Waals surface area contributed by atoms with Crippen molar-refractivity contribution in [1.29, 1.82) is 0 Å². The monoisotopic (exact) mass is 320 g/mol. The highest BCUT2D eigenvalue weighted by Gasteiger charge is 2.48. The summed E-state index contributed by atoms with van der Waals surface area (Å²) in [6.07, 6.45) is -1.68. The number of hydrogen-bond donors (Lipinski definition) is 3. The highest BCUT2D eigenvalue weighted by atomic mass is 31.2. The van der Waals surface area contributed by atoms with E-state index in [4.69, 9.17) is 13.8 Å². The van der Waals surface area contributed by atoms with Crippen molar-refractivity contribution >= 4 is 7.82 Å². The quantitative estimate of drug-likeness (QED) is 0.534. The minimum absolute atomic E-state index is 0.242. The fourth-order valence-electron chi connectivity index (χ4n) is 2.40. The Morgan fingerprint density at radius 2 is 2.05 bits per heavy atom. The molecule has 0 amide bonds. The van der Waals surface area contributed by atoms with Crippen LogP contribution in [0.15, 0.2) is 21.9 Å². The largest absolute Gasteiger partial charge is 0.472 e. The molecule has 0 aromatic carbocycles. The van der Waals surface area contributed by atoms with E-state index in [-0.39, 0.29) is 13.2 Å². The zero-order valence-electron chi connectivity index (χ0n) is 10.6. The second kappa shape index (κ2) is 5.16. The van der Waals surface area contributed by atoms with Gasteiger partial charge in [0.1, 0.15) is 6.10 Å². The number of rotatable bonds is 1. The molecule has 1 aromatic heterocycles. The van der Waals surface area contributed by atoms with Gasteiger partial charge in [-0.1, -0.05) is 0 Å². The SMILES string of the molecule is O=c1ccn(C2OC3COP(=O)(O)OCC3C2O)c(=O)[nH]1. The van der Waals surface area contributed by atoms with E-state index in [1.165, 1.54) is 6.20 Å². The molecule has 5 atom stereocenters. The van der Waals surface area contributed by atoms with Crippen LogP contribution in [-0.2, 0) is 18.3 Å². The first-order valence-electron chi connectivity index (χ1n) is 6.14. The summed E-state index contributed by atoms with van der Waals surface area (Å²) in [5.74, 6) is -0.628. The summed E-state index contributed by atoms with van der Waals surface area (Å²) in [5, 5.41) is 10.2. The molecule has 2 fully saturated rings. The standard InChI is InChI=1S/C10H13N2O8P/c13-7-1-2-12(10(15)11-7)9-8(14)5-3-18-21(16,17)19-4-6(5)20-9/h1-2,5-6,8-9,14H,3-4H2,(H,16,17)(H,11,13,15). The van der Waals surface area contributed by atoms with Gasteiger partial charge in [0.2, 0.25) is 0 Å². The van der Waals surface area contributed by atoms with Gasteiger partial charge in [-0.05, 0) is 0 Å². The van der Waals surface area contributed by atoms with Crippen molar-refractivity contribution < 1.29 is 28.3 Å². The molecule has 0 spiro atoms. The lowest BCUT2D eigenvalue weighted by Gasteiger charge is -2.19. The van der Waals surface area contributed by atoms with Crippen LogP contribution in [0.3, 0.4) is 0 Å². The predicted octanol–water partition coefficient (Wildman–Crippen LogP) is -1.44. The first-order chi connectivity index (χ1) is 9.87. The fourth-order valence-corrected chi connectivity index (χ4v) is 3.17. The highest BCUT2D eigenvalue weighted by molar-refractivity contribution is 7.47. The van der Waals surface area contributed by atoms with E-state index < -0.39 is 43.4 Å². The highest BCUT2D eigenvalue weighted by Crippen LogP contribution is 2.49. The molecule has 5 unspecified atom stereocenters. The molecule has 116 valence electrons. The Labute approximate surface area is 117 Å². The molecule has 0 saturated carbocycles. The lowest BCUT2D eigenvalue weighted by molar-refractivity contribution is -0.0522. The van der Waals surface area contributed by atoms with Crippen LogP contribution in [0.5, 0.6) is 0 Å². The van der Waals surface area contributed by atoms with Gasteiger partial charge in [0.05, 0.1) is 19.3 Å². The molecule has 2 saturated heterocycles. The second-order valence-corrected chi connectivity index (χ2v) is 6.25. The number of H-pyrrole nitrogens is 1. The summed E-state index contributed by atoms with van der Waals surface area (Å²) in [7, 11) is -4.13. The number of hydrogen-bond acceptors (Lipinski definition) is 7. The van der Waals surface area contributed by atoms with Crippen molar-refractivity contribution in [3.63, 3.8) is 0 Å². The number of nitrogens with zero attached hydrogens (tertiary/aromatic N) is 1. The molecule has 3 N–H and O–H groups in total. The molecule has 10 nitrogen and oxygen atoms in total. The van der Waals surface area contributed by atoms with Crippen LogP contribution < -0.4 is 11.2 Å². The number of phosphoric acid groups is 1. The summed E-state index contributed by atoms with van der Waals surface area (Å²) in [5.41, 5.74) is -1.29. The van der Waals surface area contributed by atoms with E-state index in [2.05, 4.69) is 4.98 Å². The first kappa shape index (κ1) is 14.6. The Hall–Kier alpha value is -1.29. The van der Waals surface area contributed by atoms with E-state index >= 15 is 0 Å². The van der Waals surface area contributed by atoms with Crippen molar-refractivity contribution in [2.75, 3.05) is 13.2 Å². The van der Waals surface area contributed by atoms with Gasteiger partial charge in [-0.3, -0.25) is 23.4 Å². The molecule has 1 aromatic rings. The van der Waals surface area contributed by atoms with Gasteiger partial charge in [0.15, 0.2) is 6.23 Å². The van der Waals surface area contributed by atoms with E-state index in [1.54, 1.807) is 0 Å². The van der Waals surface area contributed by atoms with Gasteiger partial charge in [0.25, 0.3) is 5.56 Å². The third-order valence-corrected chi connectivity index (χ3v) is 4.43. The Morgan fingerprint density at radius 3 is 2.76 bits per heavy atom. The summed E-state index contributed by atoms with van der Waals surface area (Å²) in [6, 6.07) is 1.13. The van der Waals surface area contributed by atoms with Gasteiger partial charge in [0, 0.05) is 18.2 Å². The topological polar surface area (TPSA) is 140 Å². The van der Waals surface area contributed by atoms with Crippen molar-refractivity contribution in [3.8, 4) is 0 Å². The molecule has 0 radical (unpaired) electrons. The van der Waals surface area contributed by atoms with Gasteiger partial charge >= 0.3 is 13.5 Å². The fraction of sp³-hybridized carbons (Fsp3) is 0.600. The average molecular weight is 320 g/mol. The Balaban J connectivity index is 1.87. The van der Waals surface area contributed by atoms with Crippen molar-refractivity contribution in [2.45, 2.75) is 18.4 Å². The molecular formula is C10H13N2O8P. The minimum Gasteiger partial charge on any atom is -0.388 e. The van der Waals surface area contributed by atoms with Gasteiger partial charge < -0.3 is 14.7 Å². The predicted molar refractivity (Wildman–Crippen MR) is 66.5 cm³/mol. The Morgan fingerprint density at radius 1 is 1.33 bits per heavy atom. The lowest BCUT2D eigenvalue weighted by atomic mass is 9.99. The van der Waals surface area contributed by atoms with Gasteiger partial charge in [-0.25, -0.2) is 9.36 Å². The molecular weight excluding hydrogens is 307 g/mol. The smallest absolute Gasteiger partial charge is 0.388 e. The molecule has 2 aliphatic heterocycles. The zero-order chi connectivity index (χ0) is 15.2. The van der Waals surface area contributed by atoms with Crippen LogP contribution in [0.25, 0.3) is 0 Å². The maximum atomic E-state index is 11.7. The minimum atomic E-state index is -4.13. The maximum Gasteiger partial charge on any atom is 0.472 e. The first-order valence-corrected chi connectivity index (χ1v) is 7.64. The number of ether oxygens (including phenoxy) is 1. The van der Waals surface area contributed by atoms with Crippen molar-refractivity contribution in [2.24, 2.45) is 5.92 Å². The maximum absolute atomic E-state index is 11.7. The molecule has 0 bridgehead atoms. The summed E-state index contributed by atoms with van der Waals surface area (Å²) < 4.78 is 27.3. The lowest BCUT2D eigenvalue weighted by Crippen LogP contribution is -2.36. The third kappa shape index (κ3) is 2.73. The van der Waals surface area contributed by atoms with Crippen LogP contribution in [0.1, 0.15) is 6.23 Å². The summed E-state index contributed by atoms with van der Waals surface area (Å²) >= 11 is 0.